The van der Waals surface area contributed by atoms with E-state index in [2.05, 4.69) is 0 Å². The van der Waals surface area contributed by atoms with Crippen molar-refractivity contribution < 1.29 is 25.0 Å². The topological polar surface area (TPSA) is 101 Å². The number of aliphatic hydroxyl groups is 1. The summed E-state index contributed by atoms with van der Waals surface area (Å²) >= 11 is 0. The van der Waals surface area contributed by atoms with E-state index in [0.29, 0.717) is 38.5 Å². The van der Waals surface area contributed by atoms with Crippen LogP contribution >= 0.6 is 0 Å². The standard InChI is InChI=1S/C19H34N2O5/c1-18(2)12-14(13-19(3,4)21(18)26)20(5)16(23)9-7-6-8-15(22)10-11-17(24)25/h10-11,14-15,22,26H,6-9,12-13H2,1-5H3,(H,24,25). The molecule has 1 fully saturated rings. The van der Waals surface area contributed by atoms with Gasteiger partial charge in [-0.25, -0.2) is 4.79 Å². The molecule has 1 saturated heterocycles. The molecule has 1 rings (SSSR count). The van der Waals surface area contributed by atoms with Gasteiger partial charge >= 0.3 is 5.97 Å². The number of amides is 1. The molecule has 0 aromatic heterocycles. The lowest BCUT2D eigenvalue weighted by Gasteiger charge is -2.53. The van der Waals surface area contributed by atoms with E-state index in [-0.39, 0.29) is 11.9 Å². The second kappa shape index (κ2) is 8.97. The number of aliphatic hydroxyl groups excluding tert-OH is 1. The highest BCUT2D eigenvalue weighted by Gasteiger charge is 2.46. The van der Waals surface area contributed by atoms with Crippen molar-refractivity contribution in [3.63, 3.8) is 0 Å². The summed E-state index contributed by atoms with van der Waals surface area (Å²) in [6.07, 6.45) is 4.92. The molecule has 26 heavy (non-hydrogen) atoms. The molecule has 0 aromatic carbocycles. The third kappa shape index (κ3) is 6.37. The van der Waals surface area contributed by atoms with Crippen molar-refractivity contribution in [2.75, 3.05) is 7.05 Å². The molecular formula is C19H34N2O5. The lowest BCUT2D eigenvalue weighted by molar-refractivity contribution is -0.251. The van der Waals surface area contributed by atoms with Gasteiger partial charge in [-0.1, -0.05) is 6.42 Å². The van der Waals surface area contributed by atoms with E-state index in [4.69, 9.17) is 5.11 Å². The maximum Gasteiger partial charge on any atom is 0.328 e. The fraction of sp³-hybridized carbons (Fsp3) is 0.789. The molecule has 1 amide bonds. The SMILES string of the molecule is CN(C(=O)CCCCC(O)C=CC(=O)O)C1CC(C)(C)N(O)C(C)(C)C1. The third-order valence-corrected chi connectivity index (χ3v) is 5.16. The highest BCUT2D eigenvalue weighted by molar-refractivity contribution is 5.79. The average Bonchev–Trinajstić information content (AvgIpc) is 2.53. The Morgan fingerprint density at radius 1 is 1.19 bits per heavy atom. The monoisotopic (exact) mass is 370 g/mol. The number of carboxylic acids is 1. The first kappa shape index (κ1) is 22.6. The average molecular weight is 370 g/mol. The molecule has 1 atom stereocenters. The van der Waals surface area contributed by atoms with Crippen LogP contribution in [0.3, 0.4) is 0 Å². The smallest absolute Gasteiger partial charge is 0.328 e. The van der Waals surface area contributed by atoms with Crippen molar-refractivity contribution in [1.82, 2.24) is 9.96 Å². The molecule has 150 valence electrons. The fourth-order valence-corrected chi connectivity index (χ4v) is 3.79. The summed E-state index contributed by atoms with van der Waals surface area (Å²) in [5.41, 5.74) is -0.802. The molecule has 3 N–H and O–H groups in total. The molecule has 1 heterocycles. The maximum absolute atomic E-state index is 12.5. The van der Waals surface area contributed by atoms with Gasteiger partial charge in [0.15, 0.2) is 0 Å². The summed E-state index contributed by atoms with van der Waals surface area (Å²) in [6.45, 7) is 7.91. The first-order valence-corrected chi connectivity index (χ1v) is 9.21. The summed E-state index contributed by atoms with van der Waals surface area (Å²) in [5.74, 6) is -1.02. The molecule has 0 saturated carbocycles. The zero-order chi connectivity index (χ0) is 20.1. The second-order valence-corrected chi connectivity index (χ2v) is 8.51. The van der Waals surface area contributed by atoms with Crippen molar-refractivity contribution in [3.8, 4) is 0 Å². The molecule has 1 unspecified atom stereocenters. The van der Waals surface area contributed by atoms with Gasteiger partial charge in [-0.15, -0.1) is 0 Å². The van der Waals surface area contributed by atoms with Crippen molar-refractivity contribution in [3.05, 3.63) is 12.2 Å². The first-order chi connectivity index (χ1) is 11.9. The van der Waals surface area contributed by atoms with Gasteiger partial charge in [0, 0.05) is 36.7 Å². The molecule has 1 aliphatic heterocycles. The summed E-state index contributed by atoms with van der Waals surface area (Å²) in [6, 6.07) is 0.0694. The van der Waals surface area contributed by atoms with Crippen LogP contribution in [0.2, 0.25) is 0 Å². The number of hydrogen-bond acceptors (Lipinski definition) is 5. The van der Waals surface area contributed by atoms with E-state index in [0.717, 1.165) is 6.08 Å². The predicted molar refractivity (Wildman–Crippen MR) is 98.8 cm³/mol. The zero-order valence-electron chi connectivity index (χ0n) is 16.6. The number of piperidine rings is 1. The van der Waals surface area contributed by atoms with Crippen LogP contribution in [0.4, 0.5) is 0 Å². The molecular weight excluding hydrogens is 336 g/mol. The number of hydrogen-bond donors (Lipinski definition) is 3. The number of carbonyl (C=O) groups is 2. The molecule has 1 aliphatic rings. The third-order valence-electron chi connectivity index (χ3n) is 5.16. The highest BCUT2D eigenvalue weighted by atomic mass is 16.5. The predicted octanol–water partition coefficient (Wildman–Crippen LogP) is 2.42. The van der Waals surface area contributed by atoms with E-state index in [1.165, 1.54) is 11.1 Å². The van der Waals surface area contributed by atoms with Gasteiger partial charge in [0.05, 0.1) is 6.10 Å². The minimum atomic E-state index is -1.08. The summed E-state index contributed by atoms with van der Waals surface area (Å²) in [4.78, 5) is 24.7. The molecule has 0 aromatic rings. The van der Waals surface area contributed by atoms with Crippen LogP contribution < -0.4 is 0 Å². The van der Waals surface area contributed by atoms with Gasteiger partial charge in [0.1, 0.15) is 0 Å². The van der Waals surface area contributed by atoms with Crippen molar-refractivity contribution >= 4 is 11.9 Å². The molecule has 0 aliphatic carbocycles. The van der Waals surface area contributed by atoms with Crippen LogP contribution in [0.25, 0.3) is 0 Å². The Balaban J connectivity index is 2.47. The van der Waals surface area contributed by atoms with Crippen LogP contribution in [-0.2, 0) is 9.59 Å². The lowest BCUT2D eigenvalue weighted by Crippen LogP contribution is -2.63. The maximum atomic E-state index is 12.5. The van der Waals surface area contributed by atoms with Gasteiger partial charge < -0.3 is 20.3 Å². The number of hydroxylamine groups is 2. The molecule has 0 radical (unpaired) electrons. The molecule has 7 nitrogen and oxygen atoms in total. The van der Waals surface area contributed by atoms with Gasteiger partial charge in [0.2, 0.25) is 5.91 Å². The summed E-state index contributed by atoms with van der Waals surface area (Å²) in [7, 11) is 1.82. The Kier molecular flexibility index (Phi) is 7.80. The van der Waals surface area contributed by atoms with E-state index >= 15 is 0 Å². The molecule has 7 heteroatoms. The van der Waals surface area contributed by atoms with E-state index in [9.17, 15) is 19.9 Å². The van der Waals surface area contributed by atoms with Crippen LogP contribution in [0.1, 0.15) is 66.2 Å². The van der Waals surface area contributed by atoms with Crippen LogP contribution in [0.15, 0.2) is 12.2 Å². The van der Waals surface area contributed by atoms with Crippen molar-refractivity contribution in [1.29, 1.82) is 0 Å². The normalized spacial score (nSPS) is 21.7. The van der Waals surface area contributed by atoms with Crippen molar-refractivity contribution in [2.24, 2.45) is 0 Å². The number of nitrogens with zero attached hydrogens (tertiary/aromatic N) is 2. The number of unbranched alkanes of at least 4 members (excludes halogenated alkanes) is 1. The largest absolute Gasteiger partial charge is 0.478 e. The number of carbonyl (C=O) groups excluding carboxylic acids is 1. The minimum absolute atomic E-state index is 0.0588. The van der Waals surface area contributed by atoms with E-state index in [1.54, 1.807) is 4.90 Å². The zero-order valence-corrected chi connectivity index (χ0v) is 16.6. The number of aliphatic carboxylic acids is 1. The Morgan fingerprint density at radius 3 is 2.23 bits per heavy atom. The van der Waals surface area contributed by atoms with Gasteiger partial charge in [0.25, 0.3) is 0 Å². The van der Waals surface area contributed by atoms with Gasteiger partial charge in [-0.05, 0) is 59.5 Å². The summed E-state index contributed by atoms with van der Waals surface area (Å²) in [5, 5.41) is 29.9. The Labute approximate surface area is 156 Å². The minimum Gasteiger partial charge on any atom is -0.478 e. The Hall–Kier alpha value is -1.44. The fourth-order valence-electron chi connectivity index (χ4n) is 3.79. The van der Waals surface area contributed by atoms with Gasteiger partial charge in [-0.3, -0.25) is 4.79 Å². The van der Waals surface area contributed by atoms with Gasteiger partial charge in [-0.2, -0.15) is 5.06 Å². The van der Waals surface area contributed by atoms with Crippen LogP contribution in [0.5, 0.6) is 0 Å². The Bertz CT molecular complexity index is 512. The number of rotatable bonds is 8. The van der Waals surface area contributed by atoms with Crippen LogP contribution in [0, 0.1) is 0 Å². The highest BCUT2D eigenvalue weighted by Crippen LogP contribution is 2.38. The van der Waals surface area contributed by atoms with E-state index < -0.39 is 23.2 Å². The first-order valence-electron chi connectivity index (χ1n) is 9.21. The van der Waals surface area contributed by atoms with Crippen molar-refractivity contribution in [2.45, 2.75) is 89.4 Å². The molecule has 0 spiro atoms. The molecule has 0 bridgehead atoms. The second-order valence-electron chi connectivity index (χ2n) is 8.51. The van der Waals surface area contributed by atoms with Crippen LogP contribution in [-0.4, -0.2) is 67.5 Å². The Morgan fingerprint density at radius 2 is 1.73 bits per heavy atom. The quantitative estimate of drug-likeness (QED) is 0.448. The van der Waals surface area contributed by atoms with E-state index in [1.807, 2.05) is 34.7 Å². The lowest BCUT2D eigenvalue weighted by atomic mass is 9.78. The number of carboxylic acid groups (broad SMARTS) is 1. The summed E-state index contributed by atoms with van der Waals surface area (Å²) < 4.78 is 0.